The molecule has 2 atom stereocenters. The Morgan fingerprint density at radius 2 is 1.76 bits per heavy atom. The van der Waals surface area contributed by atoms with Crippen molar-refractivity contribution in [2.75, 3.05) is 32.4 Å². The smallest absolute Gasteiger partial charge is 0.225 e. The maximum atomic E-state index is 12.9. The molecule has 2 heterocycles. The molecule has 0 spiro atoms. The number of carbonyl (C=O) groups excluding carboxylic acids is 1. The number of piperidine rings is 1. The van der Waals surface area contributed by atoms with Crippen LogP contribution in [0.15, 0.2) is 30.3 Å². The molecule has 7 heteroatoms. The van der Waals surface area contributed by atoms with Crippen molar-refractivity contribution < 1.29 is 17.9 Å². The van der Waals surface area contributed by atoms with Crippen molar-refractivity contribution in [1.82, 2.24) is 9.21 Å². The molecular weight excluding hydrogens is 340 g/mol. The molecule has 2 saturated heterocycles. The Morgan fingerprint density at radius 3 is 2.36 bits per heavy atom. The van der Waals surface area contributed by atoms with Gasteiger partial charge in [-0.3, -0.25) is 4.79 Å². The molecule has 0 radical (unpaired) electrons. The van der Waals surface area contributed by atoms with E-state index in [-0.39, 0.29) is 24.0 Å². The van der Waals surface area contributed by atoms with Gasteiger partial charge >= 0.3 is 0 Å². The van der Waals surface area contributed by atoms with Crippen molar-refractivity contribution in [3.63, 3.8) is 0 Å². The minimum absolute atomic E-state index is 0.0148. The molecule has 0 aromatic heterocycles. The Labute approximate surface area is 149 Å². The number of carbonyl (C=O) groups is 1. The molecule has 2 unspecified atom stereocenters. The lowest BCUT2D eigenvalue weighted by molar-refractivity contribution is -0.150. The van der Waals surface area contributed by atoms with E-state index in [0.717, 1.165) is 5.56 Å². The Hall–Kier alpha value is -1.44. The Morgan fingerprint density at radius 1 is 1.12 bits per heavy atom. The maximum absolute atomic E-state index is 12.9. The maximum Gasteiger partial charge on any atom is 0.225 e. The topological polar surface area (TPSA) is 66.9 Å². The van der Waals surface area contributed by atoms with E-state index >= 15 is 0 Å². The standard InChI is InChI=1S/C18H26N2O4S/c1-14-12-19(13-17(24-14)15-6-4-3-5-7-15)18(21)16-8-10-20(11-9-16)25(2,22)23/h3-7,14,16-17H,8-13H2,1-2H3. The Bertz CT molecular complexity index is 699. The summed E-state index contributed by atoms with van der Waals surface area (Å²) in [5, 5.41) is 0. The minimum Gasteiger partial charge on any atom is -0.367 e. The number of hydrogen-bond acceptors (Lipinski definition) is 4. The number of hydrogen-bond donors (Lipinski definition) is 0. The Kier molecular flexibility index (Phi) is 5.46. The fourth-order valence-corrected chi connectivity index (χ4v) is 4.55. The van der Waals surface area contributed by atoms with Crippen LogP contribution in [0.25, 0.3) is 0 Å². The van der Waals surface area contributed by atoms with Gasteiger partial charge in [0.05, 0.1) is 18.9 Å². The second-order valence-electron chi connectivity index (χ2n) is 7.03. The van der Waals surface area contributed by atoms with E-state index in [4.69, 9.17) is 4.74 Å². The molecule has 3 rings (SSSR count). The average Bonchev–Trinajstić information content (AvgIpc) is 2.61. The van der Waals surface area contributed by atoms with E-state index < -0.39 is 10.0 Å². The number of benzene rings is 1. The van der Waals surface area contributed by atoms with Crippen molar-refractivity contribution >= 4 is 15.9 Å². The molecule has 0 saturated carbocycles. The monoisotopic (exact) mass is 366 g/mol. The predicted octanol–water partition coefficient (Wildman–Crippen LogP) is 1.65. The molecule has 1 aromatic carbocycles. The molecule has 0 bridgehead atoms. The van der Waals surface area contributed by atoms with Gasteiger partial charge in [0.2, 0.25) is 15.9 Å². The summed E-state index contributed by atoms with van der Waals surface area (Å²) in [6.07, 6.45) is 2.29. The third-order valence-corrected chi connectivity index (χ3v) is 6.32. The fourth-order valence-electron chi connectivity index (χ4n) is 3.68. The molecule has 2 aliphatic heterocycles. The quantitative estimate of drug-likeness (QED) is 0.816. The second-order valence-corrected chi connectivity index (χ2v) is 9.01. The normalized spacial score (nSPS) is 26.6. The lowest BCUT2D eigenvalue weighted by atomic mass is 9.95. The number of nitrogens with zero attached hydrogens (tertiary/aromatic N) is 2. The summed E-state index contributed by atoms with van der Waals surface area (Å²) < 4.78 is 30.7. The molecule has 6 nitrogen and oxygen atoms in total. The second kappa shape index (κ2) is 7.43. The van der Waals surface area contributed by atoms with Gasteiger partial charge in [-0.1, -0.05) is 30.3 Å². The zero-order valence-corrected chi connectivity index (χ0v) is 15.6. The lowest BCUT2D eigenvalue weighted by Crippen LogP contribution is -2.50. The highest BCUT2D eigenvalue weighted by molar-refractivity contribution is 7.88. The Balaban J connectivity index is 1.64. The summed E-state index contributed by atoms with van der Waals surface area (Å²) >= 11 is 0. The molecule has 0 aliphatic carbocycles. The van der Waals surface area contributed by atoms with E-state index in [1.54, 1.807) is 0 Å². The van der Waals surface area contributed by atoms with Gasteiger partial charge in [0.1, 0.15) is 6.10 Å². The van der Waals surface area contributed by atoms with Crippen LogP contribution in [-0.2, 0) is 19.6 Å². The summed E-state index contributed by atoms with van der Waals surface area (Å²) in [5.41, 5.74) is 1.08. The zero-order valence-electron chi connectivity index (χ0n) is 14.8. The summed E-state index contributed by atoms with van der Waals surface area (Å²) in [5.74, 6) is 0.0314. The van der Waals surface area contributed by atoms with Crippen molar-refractivity contribution in [3.8, 4) is 0 Å². The van der Waals surface area contributed by atoms with E-state index in [0.29, 0.717) is 39.0 Å². The van der Waals surface area contributed by atoms with Crippen LogP contribution < -0.4 is 0 Å². The van der Waals surface area contributed by atoms with Gasteiger partial charge in [0, 0.05) is 25.6 Å². The van der Waals surface area contributed by atoms with Crippen LogP contribution in [0.5, 0.6) is 0 Å². The number of morpholine rings is 1. The van der Waals surface area contributed by atoms with E-state index in [1.807, 2.05) is 42.2 Å². The third-order valence-electron chi connectivity index (χ3n) is 5.02. The molecule has 0 N–H and O–H groups in total. The van der Waals surface area contributed by atoms with Crippen molar-refractivity contribution in [3.05, 3.63) is 35.9 Å². The van der Waals surface area contributed by atoms with Crippen LogP contribution in [0.2, 0.25) is 0 Å². The van der Waals surface area contributed by atoms with Crippen LogP contribution in [0.3, 0.4) is 0 Å². The van der Waals surface area contributed by atoms with Gasteiger partial charge < -0.3 is 9.64 Å². The summed E-state index contributed by atoms with van der Waals surface area (Å²) in [7, 11) is -3.17. The van der Waals surface area contributed by atoms with Crippen LogP contribution in [0.4, 0.5) is 0 Å². The van der Waals surface area contributed by atoms with Crippen molar-refractivity contribution in [2.24, 2.45) is 5.92 Å². The van der Waals surface area contributed by atoms with Crippen molar-refractivity contribution in [1.29, 1.82) is 0 Å². The van der Waals surface area contributed by atoms with Crippen LogP contribution in [0.1, 0.15) is 31.4 Å². The first-order valence-electron chi connectivity index (χ1n) is 8.79. The largest absolute Gasteiger partial charge is 0.367 e. The first-order chi connectivity index (χ1) is 11.8. The highest BCUT2D eigenvalue weighted by Crippen LogP contribution is 2.28. The predicted molar refractivity (Wildman–Crippen MR) is 95.5 cm³/mol. The van der Waals surface area contributed by atoms with Gasteiger partial charge in [-0.05, 0) is 25.3 Å². The molecule has 1 aromatic rings. The lowest BCUT2D eigenvalue weighted by Gasteiger charge is -2.40. The van der Waals surface area contributed by atoms with Gasteiger partial charge in [-0.2, -0.15) is 0 Å². The fraction of sp³-hybridized carbons (Fsp3) is 0.611. The first kappa shape index (κ1) is 18.4. The number of sulfonamides is 1. The average molecular weight is 366 g/mol. The number of amides is 1. The van der Waals surface area contributed by atoms with Crippen molar-refractivity contribution in [2.45, 2.75) is 32.0 Å². The summed E-state index contributed by atoms with van der Waals surface area (Å²) in [6, 6.07) is 9.97. The highest BCUT2D eigenvalue weighted by atomic mass is 32.2. The minimum atomic E-state index is -3.17. The SMILES string of the molecule is CC1CN(C(=O)C2CCN(S(C)(=O)=O)CC2)CC(c2ccccc2)O1. The van der Waals surface area contributed by atoms with Crippen LogP contribution >= 0.6 is 0 Å². The molecule has 25 heavy (non-hydrogen) atoms. The summed E-state index contributed by atoms with van der Waals surface area (Å²) in [6.45, 7) is 3.99. The molecule has 138 valence electrons. The summed E-state index contributed by atoms with van der Waals surface area (Å²) in [4.78, 5) is 14.8. The number of rotatable bonds is 3. The van der Waals surface area contributed by atoms with E-state index in [9.17, 15) is 13.2 Å². The number of ether oxygens (including phenoxy) is 1. The van der Waals surface area contributed by atoms with Gasteiger partial charge in [-0.25, -0.2) is 12.7 Å². The zero-order chi connectivity index (χ0) is 18.0. The highest BCUT2D eigenvalue weighted by Gasteiger charge is 2.35. The van der Waals surface area contributed by atoms with Crippen LogP contribution in [0, 0.1) is 5.92 Å². The first-order valence-corrected chi connectivity index (χ1v) is 10.6. The molecule has 2 aliphatic rings. The van der Waals surface area contributed by atoms with Gasteiger partial charge in [-0.15, -0.1) is 0 Å². The molecular formula is C18H26N2O4S. The third kappa shape index (κ3) is 4.40. The molecule has 1 amide bonds. The molecule has 2 fully saturated rings. The van der Waals surface area contributed by atoms with Gasteiger partial charge in [0.25, 0.3) is 0 Å². The van der Waals surface area contributed by atoms with Gasteiger partial charge in [0.15, 0.2) is 0 Å². The van der Waals surface area contributed by atoms with Crippen LogP contribution in [-0.4, -0.2) is 62.1 Å². The van der Waals surface area contributed by atoms with E-state index in [1.165, 1.54) is 10.6 Å². The van der Waals surface area contributed by atoms with E-state index in [2.05, 4.69) is 0 Å².